The number of hydrogen-bond donors (Lipinski definition) is 1. The summed E-state index contributed by atoms with van der Waals surface area (Å²) in [5, 5.41) is 3.07. The van der Waals surface area contributed by atoms with Crippen molar-refractivity contribution in [1.82, 2.24) is 4.90 Å². The summed E-state index contributed by atoms with van der Waals surface area (Å²) in [6, 6.07) is 22.1. The van der Waals surface area contributed by atoms with Crippen LogP contribution in [-0.2, 0) is 0 Å². The van der Waals surface area contributed by atoms with Gasteiger partial charge in [-0.1, -0.05) is 50.3 Å². The average Bonchev–Trinajstić information content (AvgIpc) is 2.89. The lowest BCUT2D eigenvalue weighted by Crippen LogP contribution is -2.46. The number of benzene rings is 3. The van der Waals surface area contributed by atoms with Gasteiger partial charge in [0.2, 0.25) is 0 Å². The van der Waals surface area contributed by atoms with E-state index in [1.54, 1.807) is 7.11 Å². The highest BCUT2D eigenvalue weighted by molar-refractivity contribution is 6.09. The number of methoxy groups -OCH3 is 1. The van der Waals surface area contributed by atoms with Gasteiger partial charge in [0.05, 0.1) is 12.7 Å². The molecule has 0 saturated carbocycles. The Hall–Kier alpha value is -3.57. The first-order valence-electron chi connectivity index (χ1n) is 12.3. The molecule has 0 atom stereocenters. The molecule has 35 heavy (non-hydrogen) atoms. The third-order valence-corrected chi connectivity index (χ3v) is 6.61. The SMILES string of the molecule is C=CCN1CCN(c2ccc(NC(=O)c3cccc(OC)c3-c3ccc(C(C)C)cc3)cc2)CC1. The minimum atomic E-state index is -0.155. The molecule has 1 fully saturated rings. The van der Waals surface area contributed by atoms with Gasteiger partial charge in [-0.25, -0.2) is 0 Å². The maximum Gasteiger partial charge on any atom is 0.256 e. The molecule has 0 aliphatic carbocycles. The van der Waals surface area contributed by atoms with Gasteiger partial charge < -0.3 is 15.0 Å². The first-order chi connectivity index (χ1) is 17.0. The van der Waals surface area contributed by atoms with Crippen LogP contribution in [0.15, 0.2) is 79.4 Å². The van der Waals surface area contributed by atoms with Crippen molar-refractivity contribution in [1.29, 1.82) is 0 Å². The number of rotatable bonds is 8. The highest BCUT2D eigenvalue weighted by Crippen LogP contribution is 2.35. The smallest absolute Gasteiger partial charge is 0.256 e. The predicted octanol–water partition coefficient (Wildman–Crippen LogP) is 6.05. The van der Waals surface area contributed by atoms with Gasteiger partial charge in [-0.05, 0) is 53.4 Å². The molecule has 0 radical (unpaired) electrons. The van der Waals surface area contributed by atoms with Crippen molar-refractivity contribution in [2.45, 2.75) is 19.8 Å². The molecule has 1 amide bonds. The van der Waals surface area contributed by atoms with Gasteiger partial charge in [0, 0.05) is 49.7 Å². The molecule has 4 rings (SSSR count). The first kappa shape index (κ1) is 24.6. The van der Waals surface area contributed by atoms with E-state index in [1.807, 2.05) is 36.4 Å². The zero-order chi connectivity index (χ0) is 24.8. The Kier molecular flexibility index (Phi) is 7.88. The molecule has 5 nitrogen and oxygen atoms in total. The summed E-state index contributed by atoms with van der Waals surface area (Å²) in [5.74, 6) is 0.974. The van der Waals surface area contributed by atoms with Gasteiger partial charge >= 0.3 is 0 Å². The Morgan fingerprint density at radius 2 is 1.69 bits per heavy atom. The van der Waals surface area contributed by atoms with Crippen LogP contribution in [0.3, 0.4) is 0 Å². The van der Waals surface area contributed by atoms with Crippen LogP contribution in [0.5, 0.6) is 5.75 Å². The van der Waals surface area contributed by atoms with Gasteiger partial charge in [0.1, 0.15) is 5.75 Å². The van der Waals surface area contributed by atoms with Gasteiger partial charge in [-0.2, -0.15) is 0 Å². The first-order valence-corrected chi connectivity index (χ1v) is 12.3. The second-order valence-corrected chi connectivity index (χ2v) is 9.24. The average molecular weight is 470 g/mol. The topological polar surface area (TPSA) is 44.8 Å². The standard InChI is InChI=1S/C30H35N3O2/c1-5-17-32-18-20-33(21-19-32)26-15-13-25(14-16-26)31-30(34)27-7-6-8-28(35-4)29(27)24-11-9-23(10-12-24)22(2)3/h5-16,22H,1,17-21H2,2-4H3,(H,31,34). The third kappa shape index (κ3) is 5.75. The normalized spacial score (nSPS) is 14.1. The molecule has 1 aliphatic heterocycles. The van der Waals surface area contributed by atoms with E-state index in [0.717, 1.165) is 49.5 Å². The summed E-state index contributed by atoms with van der Waals surface area (Å²) in [5.41, 5.74) is 5.56. The van der Waals surface area contributed by atoms with Crippen LogP contribution in [-0.4, -0.2) is 50.6 Å². The van der Waals surface area contributed by atoms with Crippen molar-refractivity contribution in [3.63, 3.8) is 0 Å². The van der Waals surface area contributed by atoms with E-state index >= 15 is 0 Å². The number of carbonyl (C=O) groups is 1. The van der Waals surface area contributed by atoms with Crippen LogP contribution in [0.25, 0.3) is 11.1 Å². The molecular weight excluding hydrogens is 434 g/mol. The molecular formula is C30H35N3O2. The molecule has 0 unspecified atom stereocenters. The maximum atomic E-state index is 13.3. The summed E-state index contributed by atoms with van der Waals surface area (Å²) in [6.45, 7) is 13.1. The minimum absolute atomic E-state index is 0.155. The van der Waals surface area contributed by atoms with Crippen LogP contribution in [0.1, 0.15) is 35.7 Å². The molecule has 5 heteroatoms. The van der Waals surface area contributed by atoms with Crippen molar-refractivity contribution in [2.75, 3.05) is 50.1 Å². The number of anilines is 2. The summed E-state index contributed by atoms with van der Waals surface area (Å²) in [7, 11) is 1.64. The highest BCUT2D eigenvalue weighted by atomic mass is 16.5. The number of nitrogens with zero attached hydrogens (tertiary/aromatic N) is 2. The van der Waals surface area contributed by atoms with E-state index in [-0.39, 0.29) is 5.91 Å². The molecule has 0 bridgehead atoms. The zero-order valence-corrected chi connectivity index (χ0v) is 21.0. The van der Waals surface area contributed by atoms with Gasteiger partial charge in [-0.3, -0.25) is 9.69 Å². The lowest BCUT2D eigenvalue weighted by molar-refractivity contribution is 0.102. The summed E-state index contributed by atoms with van der Waals surface area (Å²) >= 11 is 0. The fourth-order valence-corrected chi connectivity index (χ4v) is 4.55. The molecule has 3 aromatic rings. The van der Waals surface area contributed by atoms with Crippen LogP contribution < -0.4 is 15.0 Å². The fraction of sp³-hybridized carbons (Fsp3) is 0.300. The van der Waals surface area contributed by atoms with Crippen molar-refractivity contribution in [3.8, 4) is 16.9 Å². The monoisotopic (exact) mass is 469 g/mol. The van der Waals surface area contributed by atoms with E-state index in [2.05, 4.69) is 71.9 Å². The van der Waals surface area contributed by atoms with Crippen LogP contribution in [0, 0.1) is 0 Å². The molecule has 1 aliphatic rings. The largest absolute Gasteiger partial charge is 0.496 e. The van der Waals surface area contributed by atoms with Crippen molar-refractivity contribution < 1.29 is 9.53 Å². The number of hydrogen-bond acceptors (Lipinski definition) is 4. The Labute approximate surface area is 209 Å². The number of piperazine rings is 1. The van der Waals surface area contributed by atoms with Crippen LogP contribution >= 0.6 is 0 Å². The van der Waals surface area contributed by atoms with Gasteiger partial charge in [0.25, 0.3) is 5.91 Å². The van der Waals surface area contributed by atoms with Gasteiger partial charge in [0.15, 0.2) is 0 Å². The lowest BCUT2D eigenvalue weighted by Gasteiger charge is -2.35. The van der Waals surface area contributed by atoms with Gasteiger partial charge in [-0.15, -0.1) is 6.58 Å². The van der Waals surface area contributed by atoms with Crippen molar-refractivity contribution in [2.24, 2.45) is 0 Å². The third-order valence-electron chi connectivity index (χ3n) is 6.61. The summed E-state index contributed by atoms with van der Waals surface area (Å²) in [6.07, 6.45) is 1.96. The molecule has 1 N–H and O–H groups in total. The molecule has 3 aromatic carbocycles. The molecule has 1 heterocycles. The van der Waals surface area contributed by atoms with Crippen molar-refractivity contribution in [3.05, 3.63) is 90.5 Å². The predicted molar refractivity (Wildman–Crippen MR) is 146 cm³/mol. The summed E-state index contributed by atoms with van der Waals surface area (Å²) in [4.78, 5) is 18.1. The number of carbonyl (C=O) groups excluding carboxylic acids is 1. The zero-order valence-electron chi connectivity index (χ0n) is 21.0. The minimum Gasteiger partial charge on any atom is -0.496 e. The van der Waals surface area contributed by atoms with E-state index < -0.39 is 0 Å². The molecule has 0 aromatic heterocycles. The second kappa shape index (κ2) is 11.2. The lowest BCUT2D eigenvalue weighted by atomic mass is 9.95. The molecule has 182 valence electrons. The molecule has 1 saturated heterocycles. The van der Waals surface area contributed by atoms with Crippen molar-refractivity contribution >= 4 is 17.3 Å². The van der Waals surface area contributed by atoms with Crippen LogP contribution in [0.2, 0.25) is 0 Å². The quantitative estimate of drug-likeness (QED) is 0.408. The fourth-order valence-electron chi connectivity index (χ4n) is 4.55. The number of amides is 1. The number of nitrogens with one attached hydrogen (secondary N) is 1. The second-order valence-electron chi connectivity index (χ2n) is 9.24. The van der Waals surface area contributed by atoms with E-state index in [9.17, 15) is 4.79 Å². The Bertz CT molecular complexity index is 1150. The number of ether oxygens (including phenoxy) is 1. The Balaban J connectivity index is 1.51. The van der Waals surface area contributed by atoms with E-state index in [1.165, 1.54) is 11.3 Å². The van der Waals surface area contributed by atoms with E-state index in [4.69, 9.17) is 4.74 Å². The van der Waals surface area contributed by atoms with E-state index in [0.29, 0.717) is 17.2 Å². The maximum absolute atomic E-state index is 13.3. The Morgan fingerprint density at radius 3 is 2.29 bits per heavy atom. The molecule has 0 spiro atoms. The van der Waals surface area contributed by atoms with Crippen LogP contribution in [0.4, 0.5) is 11.4 Å². The highest BCUT2D eigenvalue weighted by Gasteiger charge is 2.19. The summed E-state index contributed by atoms with van der Waals surface area (Å²) < 4.78 is 5.63. The Morgan fingerprint density at radius 1 is 1.00 bits per heavy atom.